The first-order valence-electron chi connectivity index (χ1n) is 11.6. The molecule has 2 aliphatic rings. The van der Waals surface area contributed by atoms with E-state index in [-0.39, 0.29) is 11.7 Å². The van der Waals surface area contributed by atoms with Crippen molar-refractivity contribution >= 4 is 11.9 Å². The second-order valence-electron chi connectivity index (χ2n) is 8.58. The summed E-state index contributed by atoms with van der Waals surface area (Å²) in [4.78, 5) is 25.7. The number of piperidine rings is 1. The Bertz CT molecular complexity index is 851. The zero-order valence-electron chi connectivity index (χ0n) is 18.5. The number of aromatic nitrogens is 2. The Kier molecular flexibility index (Phi) is 7.87. The van der Waals surface area contributed by atoms with Crippen LogP contribution < -0.4 is 15.0 Å². The summed E-state index contributed by atoms with van der Waals surface area (Å²) >= 11 is 0. The maximum Gasteiger partial charge on any atom is 0.225 e. The van der Waals surface area contributed by atoms with Crippen LogP contribution in [-0.4, -0.2) is 66.1 Å². The highest BCUT2D eigenvalue weighted by atomic mass is 19.1. The number of ether oxygens (including phenoxy) is 1. The lowest BCUT2D eigenvalue weighted by molar-refractivity contribution is -0.129. The number of halogens is 1. The van der Waals surface area contributed by atoms with Gasteiger partial charge in [-0.2, -0.15) is 0 Å². The first kappa shape index (κ1) is 22.5. The summed E-state index contributed by atoms with van der Waals surface area (Å²) in [6, 6.07) is 8.19. The number of anilines is 1. The maximum atomic E-state index is 12.9. The number of hydrogen-bond acceptors (Lipinski definition) is 6. The molecule has 0 radical (unpaired) electrons. The van der Waals surface area contributed by atoms with Crippen LogP contribution in [0.15, 0.2) is 42.7 Å². The van der Waals surface area contributed by atoms with Crippen LogP contribution in [0, 0.1) is 11.7 Å². The standard InChI is InChI=1S/C24H32FN5O2/c25-20-4-7-22(8-5-20)32-16-14-26-13-10-21-6-9-23(31)30(21)18-19-3-1-15-29(17-19)24-27-11-2-12-28-24/h2,4-5,7-8,11-12,19,21,26H,1,3,6,9-10,13-18H2. The van der Waals surface area contributed by atoms with Gasteiger partial charge in [-0.15, -0.1) is 0 Å². The van der Waals surface area contributed by atoms with E-state index >= 15 is 0 Å². The van der Waals surface area contributed by atoms with E-state index < -0.39 is 0 Å². The molecule has 0 saturated carbocycles. The molecule has 1 aromatic carbocycles. The van der Waals surface area contributed by atoms with E-state index in [0.29, 0.717) is 37.3 Å². The van der Waals surface area contributed by atoms with E-state index in [1.165, 1.54) is 12.1 Å². The van der Waals surface area contributed by atoms with E-state index in [0.717, 1.165) is 57.8 Å². The Labute approximate surface area is 189 Å². The molecule has 7 nitrogen and oxygen atoms in total. The van der Waals surface area contributed by atoms with Crippen LogP contribution in [0.5, 0.6) is 5.75 Å². The lowest BCUT2D eigenvalue weighted by Gasteiger charge is -2.36. The van der Waals surface area contributed by atoms with Crippen molar-refractivity contribution in [1.29, 1.82) is 0 Å². The van der Waals surface area contributed by atoms with Gasteiger partial charge in [0, 0.05) is 51.0 Å². The van der Waals surface area contributed by atoms with Crippen molar-refractivity contribution in [3.63, 3.8) is 0 Å². The fraction of sp³-hybridized carbons (Fsp3) is 0.542. The van der Waals surface area contributed by atoms with E-state index in [9.17, 15) is 9.18 Å². The van der Waals surface area contributed by atoms with Crippen molar-refractivity contribution in [2.45, 2.75) is 38.1 Å². The molecule has 2 saturated heterocycles. The summed E-state index contributed by atoms with van der Waals surface area (Å²) in [5, 5.41) is 3.40. The van der Waals surface area contributed by atoms with Crippen LogP contribution in [0.3, 0.4) is 0 Å². The van der Waals surface area contributed by atoms with E-state index in [2.05, 4.69) is 25.1 Å². The summed E-state index contributed by atoms with van der Waals surface area (Å²) in [6.07, 6.45) is 8.33. The summed E-state index contributed by atoms with van der Waals surface area (Å²) < 4.78 is 18.5. The molecule has 2 atom stereocenters. The number of carbonyl (C=O) groups is 1. The molecule has 2 fully saturated rings. The van der Waals surface area contributed by atoms with Gasteiger partial charge in [-0.05, 0) is 68.5 Å². The fourth-order valence-electron chi connectivity index (χ4n) is 4.64. The summed E-state index contributed by atoms with van der Waals surface area (Å²) in [5.74, 6) is 1.93. The Balaban J connectivity index is 1.18. The molecule has 0 aliphatic carbocycles. The second-order valence-corrected chi connectivity index (χ2v) is 8.58. The van der Waals surface area contributed by atoms with Crippen LogP contribution in [-0.2, 0) is 4.79 Å². The number of likely N-dealkylation sites (tertiary alicyclic amines) is 1. The largest absolute Gasteiger partial charge is 0.492 e. The molecule has 2 aliphatic heterocycles. The lowest BCUT2D eigenvalue weighted by atomic mass is 9.97. The predicted molar refractivity (Wildman–Crippen MR) is 121 cm³/mol. The molecule has 4 rings (SSSR count). The highest BCUT2D eigenvalue weighted by Gasteiger charge is 2.33. The Morgan fingerprint density at radius 2 is 1.94 bits per heavy atom. The van der Waals surface area contributed by atoms with Crippen molar-refractivity contribution in [2.24, 2.45) is 5.92 Å². The Morgan fingerprint density at radius 3 is 2.75 bits per heavy atom. The van der Waals surface area contributed by atoms with Crippen LogP contribution in [0.4, 0.5) is 10.3 Å². The predicted octanol–water partition coefficient (Wildman–Crippen LogP) is 2.88. The average Bonchev–Trinajstić information content (AvgIpc) is 3.17. The number of nitrogens with zero attached hydrogens (tertiary/aromatic N) is 4. The van der Waals surface area contributed by atoms with Gasteiger partial charge in [0.05, 0.1) is 0 Å². The smallest absolute Gasteiger partial charge is 0.225 e. The van der Waals surface area contributed by atoms with Crippen LogP contribution in [0.2, 0.25) is 0 Å². The van der Waals surface area contributed by atoms with Gasteiger partial charge in [-0.25, -0.2) is 14.4 Å². The van der Waals surface area contributed by atoms with Gasteiger partial charge in [0.1, 0.15) is 18.2 Å². The van der Waals surface area contributed by atoms with Crippen molar-refractivity contribution in [2.75, 3.05) is 44.2 Å². The molecule has 1 N–H and O–H groups in total. The fourth-order valence-corrected chi connectivity index (χ4v) is 4.64. The molecule has 0 spiro atoms. The highest BCUT2D eigenvalue weighted by molar-refractivity contribution is 5.78. The third-order valence-electron chi connectivity index (χ3n) is 6.28. The van der Waals surface area contributed by atoms with Crippen LogP contribution in [0.1, 0.15) is 32.1 Å². The Morgan fingerprint density at radius 1 is 1.12 bits per heavy atom. The van der Waals surface area contributed by atoms with Crippen molar-refractivity contribution in [1.82, 2.24) is 20.2 Å². The quantitative estimate of drug-likeness (QED) is 0.572. The summed E-state index contributed by atoms with van der Waals surface area (Å²) in [5.41, 5.74) is 0. The minimum Gasteiger partial charge on any atom is -0.492 e. The molecular formula is C24H32FN5O2. The number of hydrogen-bond donors (Lipinski definition) is 1. The minimum absolute atomic E-state index is 0.263. The van der Waals surface area contributed by atoms with Gasteiger partial charge in [0.15, 0.2) is 0 Å². The molecule has 1 amide bonds. The molecule has 2 aromatic rings. The number of rotatable bonds is 10. The van der Waals surface area contributed by atoms with Crippen LogP contribution in [0.25, 0.3) is 0 Å². The monoisotopic (exact) mass is 441 g/mol. The molecule has 3 heterocycles. The van der Waals surface area contributed by atoms with Gasteiger partial charge in [-0.1, -0.05) is 0 Å². The number of nitrogens with one attached hydrogen (secondary N) is 1. The molecule has 2 unspecified atom stereocenters. The third kappa shape index (κ3) is 6.16. The van der Waals surface area contributed by atoms with Crippen molar-refractivity contribution < 1.29 is 13.9 Å². The lowest BCUT2D eigenvalue weighted by Crippen LogP contribution is -2.44. The molecule has 32 heavy (non-hydrogen) atoms. The Hall–Kier alpha value is -2.74. The number of carbonyl (C=O) groups excluding carboxylic acids is 1. The highest BCUT2D eigenvalue weighted by Crippen LogP contribution is 2.26. The number of benzene rings is 1. The van der Waals surface area contributed by atoms with Gasteiger partial charge < -0.3 is 19.9 Å². The van der Waals surface area contributed by atoms with Crippen LogP contribution >= 0.6 is 0 Å². The van der Waals surface area contributed by atoms with Gasteiger partial charge in [0.2, 0.25) is 11.9 Å². The molecule has 0 bridgehead atoms. The molecule has 1 aromatic heterocycles. The van der Waals surface area contributed by atoms with Crippen molar-refractivity contribution in [3.05, 3.63) is 48.5 Å². The SMILES string of the molecule is O=C1CCC(CCNCCOc2ccc(F)cc2)N1CC1CCCN(c2ncccn2)C1. The summed E-state index contributed by atoms with van der Waals surface area (Å²) in [6.45, 7) is 4.78. The molecule has 8 heteroatoms. The molecular weight excluding hydrogens is 409 g/mol. The zero-order chi connectivity index (χ0) is 22.2. The second kappa shape index (κ2) is 11.2. The van der Waals surface area contributed by atoms with Gasteiger partial charge in [0.25, 0.3) is 0 Å². The van der Waals surface area contributed by atoms with E-state index in [1.807, 2.05) is 6.07 Å². The van der Waals surface area contributed by atoms with Gasteiger partial charge >= 0.3 is 0 Å². The third-order valence-corrected chi connectivity index (χ3v) is 6.28. The topological polar surface area (TPSA) is 70.6 Å². The molecule has 172 valence electrons. The van der Waals surface area contributed by atoms with E-state index in [1.54, 1.807) is 24.5 Å². The number of amides is 1. The maximum absolute atomic E-state index is 12.9. The minimum atomic E-state index is -0.263. The average molecular weight is 442 g/mol. The zero-order valence-corrected chi connectivity index (χ0v) is 18.5. The van der Waals surface area contributed by atoms with E-state index in [4.69, 9.17) is 4.74 Å². The first-order chi connectivity index (χ1) is 15.7. The van der Waals surface area contributed by atoms with Gasteiger partial charge in [-0.3, -0.25) is 4.79 Å². The first-order valence-corrected chi connectivity index (χ1v) is 11.6. The normalized spacial score (nSPS) is 21.2. The summed E-state index contributed by atoms with van der Waals surface area (Å²) in [7, 11) is 0. The van der Waals surface area contributed by atoms with Crippen molar-refractivity contribution in [3.8, 4) is 5.75 Å².